The molecule has 3 atom stereocenters. The Kier molecular flexibility index (Phi) is 5.58. The van der Waals surface area contributed by atoms with E-state index in [1.54, 1.807) is 0 Å². The number of nitrogens with two attached hydrogens (primary N) is 1. The van der Waals surface area contributed by atoms with Crippen LogP contribution < -0.4 is 5.73 Å². The molecule has 1 nitrogen and oxygen atoms in total. The van der Waals surface area contributed by atoms with Gasteiger partial charge in [-0.15, -0.1) is 0 Å². The third-order valence-corrected chi connectivity index (χ3v) is 5.43. The molecule has 1 aliphatic rings. The van der Waals surface area contributed by atoms with Gasteiger partial charge in [0.2, 0.25) is 0 Å². The average molecular weight is 263 g/mol. The normalized spacial score (nSPS) is 28.2. The summed E-state index contributed by atoms with van der Waals surface area (Å²) in [6, 6.07) is 11.2. The summed E-state index contributed by atoms with van der Waals surface area (Å²) in [6.45, 7) is 2.29. The van der Waals surface area contributed by atoms with Gasteiger partial charge in [0.05, 0.1) is 0 Å². The monoisotopic (exact) mass is 263 g/mol. The topological polar surface area (TPSA) is 26.0 Å². The smallest absolute Gasteiger partial charge is 0.0204 e. The van der Waals surface area contributed by atoms with Gasteiger partial charge in [0, 0.05) is 17.0 Å². The van der Waals surface area contributed by atoms with Gasteiger partial charge in [-0.2, -0.15) is 11.8 Å². The molecule has 0 saturated heterocycles. The highest BCUT2D eigenvalue weighted by atomic mass is 32.2. The largest absolute Gasteiger partial charge is 0.327 e. The van der Waals surface area contributed by atoms with Gasteiger partial charge in [0.1, 0.15) is 0 Å². The lowest BCUT2D eigenvalue weighted by atomic mass is 9.83. The third kappa shape index (κ3) is 4.03. The van der Waals surface area contributed by atoms with Crippen LogP contribution >= 0.6 is 11.8 Å². The first-order valence-corrected chi connectivity index (χ1v) is 8.25. The number of benzene rings is 1. The van der Waals surface area contributed by atoms with Crippen molar-refractivity contribution in [3.63, 3.8) is 0 Å². The molecular formula is C16H25NS. The summed E-state index contributed by atoms with van der Waals surface area (Å²) in [4.78, 5) is 0. The van der Waals surface area contributed by atoms with Gasteiger partial charge in [-0.3, -0.25) is 0 Å². The lowest BCUT2D eigenvalue weighted by Crippen LogP contribution is -2.38. The second-order valence-electron chi connectivity index (χ2n) is 5.47. The number of hydrogen-bond acceptors (Lipinski definition) is 2. The fourth-order valence-electron chi connectivity index (χ4n) is 2.87. The molecule has 0 amide bonds. The van der Waals surface area contributed by atoms with E-state index in [1.165, 1.54) is 37.7 Å². The van der Waals surface area contributed by atoms with Gasteiger partial charge in [-0.05, 0) is 30.7 Å². The predicted molar refractivity (Wildman–Crippen MR) is 81.7 cm³/mol. The maximum absolute atomic E-state index is 6.28. The van der Waals surface area contributed by atoms with Crippen molar-refractivity contribution >= 4 is 11.8 Å². The van der Waals surface area contributed by atoms with E-state index in [2.05, 4.69) is 49.0 Å². The van der Waals surface area contributed by atoms with Crippen molar-refractivity contribution < 1.29 is 0 Å². The lowest BCUT2D eigenvalue weighted by molar-refractivity contribution is 0.317. The van der Waals surface area contributed by atoms with Crippen LogP contribution in [0.1, 0.15) is 44.6 Å². The van der Waals surface area contributed by atoms with Crippen LogP contribution in [0.3, 0.4) is 0 Å². The Hall–Kier alpha value is -0.470. The first-order chi connectivity index (χ1) is 8.79. The molecule has 1 aromatic carbocycles. The van der Waals surface area contributed by atoms with Gasteiger partial charge >= 0.3 is 0 Å². The molecule has 2 heteroatoms. The van der Waals surface area contributed by atoms with Crippen molar-refractivity contribution in [3.8, 4) is 0 Å². The van der Waals surface area contributed by atoms with Crippen molar-refractivity contribution in [2.75, 3.05) is 0 Å². The molecule has 18 heavy (non-hydrogen) atoms. The van der Waals surface area contributed by atoms with E-state index >= 15 is 0 Å². The van der Waals surface area contributed by atoms with Gasteiger partial charge < -0.3 is 5.73 Å². The maximum Gasteiger partial charge on any atom is 0.0204 e. The summed E-state index contributed by atoms with van der Waals surface area (Å²) in [5, 5.41) is 0.663. The van der Waals surface area contributed by atoms with E-state index in [0.717, 1.165) is 11.7 Å². The second kappa shape index (κ2) is 7.20. The van der Waals surface area contributed by atoms with Crippen molar-refractivity contribution in [2.24, 2.45) is 11.7 Å². The Morgan fingerprint density at radius 3 is 2.72 bits per heavy atom. The Bertz CT molecular complexity index is 338. The minimum Gasteiger partial charge on any atom is -0.327 e. The average Bonchev–Trinajstić information content (AvgIpc) is 2.41. The minimum atomic E-state index is 0.409. The van der Waals surface area contributed by atoms with Crippen molar-refractivity contribution in [1.29, 1.82) is 0 Å². The van der Waals surface area contributed by atoms with Crippen LogP contribution in [-0.4, -0.2) is 11.3 Å². The molecule has 0 spiro atoms. The van der Waals surface area contributed by atoms with Crippen LogP contribution in [0, 0.1) is 5.92 Å². The van der Waals surface area contributed by atoms with Gasteiger partial charge in [-0.25, -0.2) is 0 Å². The fourth-order valence-corrected chi connectivity index (χ4v) is 4.27. The van der Waals surface area contributed by atoms with E-state index in [0.29, 0.717) is 11.3 Å². The minimum absolute atomic E-state index is 0.409. The Morgan fingerprint density at radius 1 is 1.22 bits per heavy atom. The quantitative estimate of drug-likeness (QED) is 0.861. The summed E-state index contributed by atoms with van der Waals surface area (Å²) >= 11 is 2.06. The lowest BCUT2D eigenvalue weighted by Gasteiger charge is -2.33. The first-order valence-electron chi connectivity index (χ1n) is 7.20. The predicted octanol–water partition coefficient (Wildman–Crippen LogP) is 4.22. The highest BCUT2D eigenvalue weighted by Crippen LogP contribution is 2.35. The van der Waals surface area contributed by atoms with E-state index < -0.39 is 0 Å². The Balaban J connectivity index is 1.83. The summed E-state index contributed by atoms with van der Waals surface area (Å²) in [5.41, 5.74) is 7.70. The molecule has 1 aromatic rings. The molecule has 1 fully saturated rings. The standard InChI is InChI=1S/C16H25NS/c1-2-6-13-9-10-15(17)16(11-13)18-12-14-7-4-3-5-8-14/h3-5,7-8,13,15-16H,2,6,9-12,17H2,1H3. The molecule has 100 valence electrons. The van der Waals surface area contributed by atoms with Crippen LogP contribution in [0.25, 0.3) is 0 Å². The molecule has 0 aromatic heterocycles. The van der Waals surface area contributed by atoms with Crippen molar-refractivity contribution in [2.45, 2.75) is 56.1 Å². The van der Waals surface area contributed by atoms with Crippen molar-refractivity contribution in [1.82, 2.24) is 0 Å². The zero-order valence-electron chi connectivity index (χ0n) is 11.3. The molecule has 0 heterocycles. The van der Waals surface area contributed by atoms with Crippen LogP contribution in [0.5, 0.6) is 0 Å². The summed E-state index contributed by atoms with van der Waals surface area (Å²) in [6.07, 6.45) is 6.59. The Labute approximate surface area is 116 Å². The third-order valence-electron chi connectivity index (χ3n) is 3.96. The number of rotatable bonds is 5. The highest BCUT2D eigenvalue weighted by Gasteiger charge is 2.27. The zero-order valence-corrected chi connectivity index (χ0v) is 12.2. The van der Waals surface area contributed by atoms with E-state index in [1.807, 2.05) is 0 Å². The van der Waals surface area contributed by atoms with Crippen LogP contribution in [0.2, 0.25) is 0 Å². The van der Waals surface area contributed by atoms with Gasteiger partial charge in [0.25, 0.3) is 0 Å². The highest BCUT2D eigenvalue weighted by molar-refractivity contribution is 7.99. The van der Waals surface area contributed by atoms with Gasteiger partial charge in [0.15, 0.2) is 0 Å². The molecule has 0 radical (unpaired) electrons. The summed E-state index contributed by atoms with van der Waals surface area (Å²) in [7, 11) is 0. The number of hydrogen-bond donors (Lipinski definition) is 1. The molecule has 0 aliphatic heterocycles. The molecule has 2 N–H and O–H groups in total. The molecule has 0 bridgehead atoms. The molecule has 1 saturated carbocycles. The Morgan fingerprint density at radius 2 is 2.00 bits per heavy atom. The van der Waals surface area contributed by atoms with E-state index in [-0.39, 0.29) is 0 Å². The maximum atomic E-state index is 6.28. The van der Waals surface area contributed by atoms with E-state index in [4.69, 9.17) is 5.73 Å². The fraction of sp³-hybridized carbons (Fsp3) is 0.625. The van der Waals surface area contributed by atoms with E-state index in [9.17, 15) is 0 Å². The van der Waals surface area contributed by atoms with Crippen LogP contribution in [0.15, 0.2) is 30.3 Å². The molecular weight excluding hydrogens is 238 g/mol. The van der Waals surface area contributed by atoms with Gasteiger partial charge in [-0.1, -0.05) is 50.1 Å². The molecule has 3 unspecified atom stereocenters. The molecule has 2 rings (SSSR count). The number of thioether (sulfide) groups is 1. The van der Waals surface area contributed by atoms with Crippen LogP contribution in [-0.2, 0) is 5.75 Å². The first kappa shape index (κ1) is 14.0. The van der Waals surface area contributed by atoms with Crippen LogP contribution in [0.4, 0.5) is 0 Å². The molecule has 1 aliphatic carbocycles. The zero-order chi connectivity index (χ0) is 12.8. The summed E-state index contributed by atoms with van der Waals surface area (Å²) in [5.74, 6) is 2.03. The van der Waals surface area contributed by atoms with Crippen molar-refractivity contribution in [3.05, 3.63) is 35.9 Å². The SMILES string of the molecule is CCCC1CCC(N)C(SCc2ccccc2)C1. The second-order valence-corrected chi connectivity index (χ2v) is 6.69. The summed E-state index contributed by atoms with van der Waals surface area (Å²) < 4.78 is 0.